The third-order valence-electron chi connectivity index (χ3n) is 3.39. The summed E-state index contributed by atoms with van der Waals surface area (Å²) in [6.45, 7) is 3.90. The normalized spacial score (nSPS) is 10.0. The van der Waals surface area contributed by atoms with Crippen LogP contribution in [0.25, 0.3) is 0 Å². The van der Waals surface area contributed by atoms with Crippen molar-refractivity contribution in [2.45, 2.75) is 20.3 Å². The van der Waals surface area contributed by atoms with Gasteiger partial charge in [0.15, 0.2) is 5.11 Å². The molecule has 0 radical (unpaired) electrons. The number of amides is 1. The summed E-state index contributed by atoms with van der Waals surface area (Å²) >= 11 is 6.58. The Morgan fingerprint density at radius 1 is 1.36 bits per heavy atom. The lowest BCUT2D eigenvalue weighted by Gasteiger charge is -2.11. The third kappa shape index (κ3) is 4.52. The van der Waals surface area contributed by atoms with Gasteiger partial charge in [-0.1, -0.05) is 6.92 Å². The lowest BCUT2D eigenvalue weighted by Crippen LogP contribution is -2.43. The summed E-state index contributed by atoms with van der Waals surface area (Å²) in [5.41, 5.74) is 6.86. The fraction of sp³-hybridized carbons (Fsp3) is 0.250. The summed E-state index contributed by atoms with van der Waals surface area (Å²) in [6.07, 6.45) is 3.72. The predicted molar refractivity (Wildman–Crippen MR) is 101 cm³/mol. The molecule has 2 aromatic rings. The van der Waals surface area contributed by atoms with Crippen molar-refractivity contribution in [3.63, 3.8) is 0 Å². The van der Waals surface area contributed by atoms with Crippen LogP contribution in [0.3, 0.4) is 0 Å². The first-order chi connectivity index (χ1) is 12.0. The number of aromatic nitrogens is 1. The summed E-state index contributed by atoms with van der Waals surface area (Å²) in [5, 5.41) is 3.67. The van der Waals surface area contributed by atoms with Gasteiger partial charge in [-0.15, -0.1) is 11.3 Å². The zero-order chi connectivity index (χ0) is 18.4. The van der Waals surface area contributed by atoms with Gasteiger partial charge in [-0.3, -0.25) is 20.6 Å². The molecule has 0 saturated carbocycles. The molecule has 7 nitrogen and oxygen atoms in total. The lowest BCUT2D eigenvalue weighted by atomic mass is 10.1. The summed E-state index contributed by atoms with van der Waals surface area (Å²) < 4.78 is 4.86. The van der Waals surface area contributed by atoms with Crippen LogP contribution in [-0.4, -0.2) is 29.1 Å². The smallest absolute Gasteiger partial charge is 0.341 e. The maximum Gasteiger partial charge on any atom is 0.341 e. The molecule has 0 aliphatic rings. The molecule has 0 saturated heterocycles. The number of methoxy groups -OCH3 is 1. The molecule has 0 bridgehead atoms. The summed E-state index contributed by atoms with van der Waals surface area (Å²) in [5.74, 6) is -0.798. The van der Waals surface area contributed by atoms with E-state index >= 15 is 0 Å². The maximum atomic E-state index is 12.1. The zero-order valence-corrected chi connectivity index (χ0v) is 15.6. The Kier molecular flexibility index (Phi) is 6.43. The molecule has 0 aliphatic carbocycles. The largest absolute Gasteiger partial charge is 0.465 e. The Morgan fingerprint density at radius 3 is 2.72 bits per heavy atom. The van der Waals surface area contributed by atoms with Crippen molar-refractivity contribution in [1.29, 1.82) is 0 Å². The van der Waals surface area contributed by atoms with Crippen LogP contribution in [0, 0.1) is 6.92 Å². The minimum Gasteiger partial charge on any atom is -0.465 e. The Balaban J connectivity index is 2.06. The van der Waals surface area contributed by atoms with Crippen LogP contribution in [0.2, 0.25) is 0 Å². The second-order valence-corrected chi connectivity index (χ2v) is 6.59. The number of nitrogens with zero attached hydrogens (tertiary/aromatic N) is 1. The highest BCUT2D eigenvalue weighted by atomic mass is 32.1. The summed E-state index contributed by atoms with van der Waals surface area (Å²) in [7, 11) is 1.34. The average Bonchev–Trinajstić information content (AvgIpc) is 2.94. The van der Waals surface area contributed by atoms with Crippen molar-refractivity contribution >= 4 is 45.5 Å². The number of esters is 1. The van der Waals surface area contributed by atoms with Crippen LogP contribution in [0.1, 0.15) is 38.1 Å². The number of hydrogen-bond donors (Lipinski definition) is 3. The lowest BCUT2D eigenvalue weighted by molar-refractivity contribution is 0.0601. The summed E-state index contributed by atoms with van der Waals surface area (Å²) in [6, 6.07) is 3.29. The minimum atomic E-state index is -0.425. The van der Waals surface area contributed by atoms with Gasteiger partial charge in [-0.2, -0.15) is 0 Å². The quantitative estimate of drug-likeness (QED) is 0.427. The molecule has 0 atom stereocenters. The van der Waals surface area contributed by atoms with Crippen LogP contribution in [0.5, 0.6) is 0 Å². The molecule has 2 rings (SSSR count). The van der Waals surface area contributed by atoms with Crippen molar-refractivity contribution in [2.75, 3.05) is 12.4 Å². The van der Waals surface area contributed by atoms with Gasteiger partial charge >= 0.3 is 5.97 Å². The van der Waals surface area contributed by atoms with Gasteiger partial charge < -0.3 is 10.1 Å². The van der Waals surface area contributed by atoms with E-state index in [9.17, 15) is 9.59 Å². The molecule has 2 heterocycles. The zero-order valence-electron chi connectivity index (χ0n) is 14.0. The fourth-order valence-electron chi connectivity index (χ4n) is 2.23. The Bertz CT molecular complexity index is 790. The third-order valence-corrected chi connectivity index (χ3v) is 4.66. The maximum absolute atomic E-state index is 12.1. The van der Waals surface area contributed by atoms with Gasteiger partial charge in [-0.25, -0.2) is 4.79 Å². The average molecular weight is 378 g/mol. The van der Waals surface area contributed by atoms with Crippen LogP contribution in [0.15, 0.2) is 24.5 Å². The molecule has 0 aromatic carbocycles. The molecule has 1 amide bonds. The number of aryl methyl sites for hydroxylation is 1. The number of hydrazine groups is 1. The Morgan fingerprint density at radius 2 is 2.12 bits per heavy atom. The second-order valence-electron chi connectivity index (χ2n) is 4.96. The second kappa shape index (κ2) is 8.54. The topological polar surface area (TPSA) is 92.4 Å². The van der Waals surface area contributed by atoms with E-state index in [1.165, 1.54) is 24.6 Å². The monoisotopic (exact) mass is 378 g/mol. The van der Waals surface area contributed by atoms with Gasteiger partial charge in [0.2, 0.25) is 0 Å². The van der Waals surface area contributed by atoms with Gasteiger partial charge in [0.1, 0.15) is 5.00 Å². The number of carbonyl (C=O) groups is 2. The van der Waals surface area contributed by atoms with Gasteiger partial charge in [-0.05, 0) is 43.3 Å². The molecular weight excluding hydrogens is 360 g/mol. The molecule has 9 heteroatoms. The van der Waals surface area contributed by atoms with E-state index in [1.807, 2.05) is 13.8 Å². The van der Waals surface area contributed by atoms with E-state index < -0.39 is 5.97 Å². The molecular formula is C16H18N4O3S2. The first kappa shape index (κ1) is 18.8. The Labute approximate surface area is 154 Å². The van der Waals surface area contributed by atoms with Gasteiger partial charge in [0.25, 0.3) is 5.91 Å². The molecule has 0 fully saturated rings. The van der Waals surface area contributed by atoms with Gasteiger partial charge in [0.05, 0.1) is 18.2 Å². The SMILES string of the molecule is CCc1c(C)sc(NC(=S)NNC(=O)c2cccnc2)c1C(=O)OC. The summed E-state index contributed by atoms with van der Waals surface area (Å²) in [4.78, 5) is 28.9. The molecule has 2 aromatic heterocycles. The van der Waals surface area contributed by atoms with E-state index in [1.54, 1.807) is 18.3 Å². The highest BCUT2D eigenvalue weighted by Gasteiger charge is 2.22. The number of thiophene rings is 1. The standard InChI is InChI=1S/C16H18N4O3S2/c1-4-11-9(2)25-14(12(11)15(22)23-3)18-16(24)20-19-13(21)10-6-5-7-17-8-10/h5-8H,4H2,1-3H3,(H,19,21)(H2,18,20,24). The van der Waals surface area contributed by atoms with Crippen LogP contribution in [0.4, 0.5) is 5.00 Å². The van der Waals surface area contributed by atoms with Crippen LogP contribution < -0.4 is 16.2 Å². The molecule has 25 heavy (non-hydrogen) atoms. The number of anilines is 1. The number of hydrogen-bond acceptors (Lipinski definition) is 6. The fourth-order valence-corrected chi connectivity index (χ4v) is 3.58. The van der Waals surface area contributed by atoms with E-state index in [2.05, 4.69) is 21.2 Å². The molecule has 0 unspecified atom stereocenters. The number of nitrogens with one attached hydrogen (secondary N) is 3. The van der Waals surface area contributed by atoms with Gasteiger partial charge in [0, 0.05) is 17.3 Å². The first-order valence-electron chi connectivity index (χ1n) is 7.45. The Hall–Kier alpha value is -2.52. The first-order valence-corrected chi connectivity index (χ1v) is 8.68. The predicted octanol–water partition coefficient (Wildman–Crippen LogP) is 2.43. The van der Waals surface area contributed by atoms with E-state index in [0.717, 1.165) is 10.4 Å². The molecule has 3 N–H and O–H groups in total. The molecule has 132 valence electrons. The highest BCUT2D eigenvalue weighted by molar-refractivity contribution is 7.80. The highest BCUT2D eigenvalue weighted by Crippen LogP contribution is 2.33. The van der Waals surface area contributed by atoms with Crippen molar-refractivity contribution in [2.24, 2.45) is 0 Å². The minimum absolute atomic E-state index is 0.159. The number of ether oxygens (including phenoxy) is 1. The molecule has 0 spiro atoms. The van der Waals surface area contributed by atoms with E-state index in [0.29, 0.717) is 22.5 Å². The number of thiocarbonyl (C=S) groups is 1. The van der Waals surface area contributed by atoms with Crippen molar-refractivity contribution in [1.82, 2.24) is 15.8 Å². The van der Waals surface area contributed by atoms with E-state index in [4.69, 9.17) is 17.0 Å². The number of pyridine rings is 1. The molecule has 0 aliphatic heterocycles. The number of carbonyl (C=O) groups excluding carboxylic acids is 2. The van der Waals surface area contributed by atoms with Crippen LogP contribution >= 0.6 is 23.6 Å². The van der Waals surface area contributed by atoms with Crippen molar-refractivity contribution in [3.05, 3.63) is 46.1 Å². The van der Waals surface area contributed by atoms with Crippen molar-refractivity contribution in [3.8, 4) is 0 Å². The van der Waals surface area contributed by atoms with Crippen molar-refractivity contribution < 1.29 is 14.3 Å². The number of rotatable bonds is 4. The van der Waals surface area contributed by atoms with E-state index in [-0.39, 0.29) is 11.0 Å². The van der Waals surface area contributed by atoms with Crippen LogP contribution in [-0.2, 0) is 11.2 Å².